The van der Waals surface area contributed by atoms with Crippen LogP contribution in [0.25, 0.3) is 0 Å². The molecule has 0 aromatic rings. The van der Waals surface area contributed by atoms with Crippen molar-refractivity contribution >= 4 is 0 Å². The lowest BCUT2D eigenvalue weighted by Gasteiger charge is -2.42. The molecule has 0 radical (unpaired) electrons. The van der Waals surface area contributed by atoms with Crippen molar-refractivity contribution in [1.82, 2.24) is 0 Å². The SMILES string of the molecule is CC1CCC(O)(C2=CCCCO2)C(C)C1. The van der Waals surface area contributed by atoms with Gasteiger partial charge in [-0.1, -0.05) is 13.8 Å². The van der Waals surface area contributed by atoms with Crippen molar-refractivity contribution in [2.75, 3.05) is 6.61 Å². The van der Waals surface area contributed by atoms with Crippen LogP contribution in [0.3, 0.4) is 0 Å². The summed E-state index contributed by atoms with van der Waals surface area (Å²) in [5.41, 5.74) is -0.674. The molecule has 0 bridgehead atoms. The van der Waals surface area contributed by atoms with Crippen molar-refractivity contribution < 1.29 is 9.84 Å². The van der Waals surface area contributed by atoms with Gasteiger partial charge in [0.05, 0.1) is 6.61 Å². The molecule has 1 saturated carbocycles. The third-order valence-electron chi connectivity index (χ3n) is 3.95. The largest absolute Gasteiger partial charge is 0.495 e. The minimum absolute atomic E-state index is 0.325. The fourth-order valence-electron chi connectivity index (χ4n) is 2.85. The van der Waals surface area contributed by atoms with Gasteiger partial charge in [0, 0.05) is 0 Å². The first-order valence-electron chi connectivity index (χ1n) is 6.19. The average molecular weight is 210 g/mol. The molecule has 1 heterocycles. The Bertz CT molecular complexity index is 259. The molecule has 2 rings (SSSR count). The summed E-state index contributed by atoms with van der Waals surface area (Å²) < 4.78 is 5.64. The van der Waals surface area contributed by atoms with Gasteiger partial charge in [0.15, 0.2) is 0 Å². The Morgan fingerprint density at radius 2 is 2.27 bits per heavy atom. The van der Waals surface area contributed by atoms with Crippen molar-refractivity contribution in [2.45, 2.75) is 51.6 Å². The predicted octanol–water partition coefficient (Wildman–Crippen LogP) is 2.87. The van der Waals surface area contributed by atoms with Crippen LogP contribution in [0.1, 0.15) is 46.0 Å². The van der Waals surface area contributed by atoms with Gasteiger partial charge in [-0.2, -0.15) is 0 Å². The molecule has 0 aromatic carbocycles. The summed E-state index contributed by atoms with van der Waals surface area (Å²) in [7, 11) is 0. The third kappa shape index (κ3) is 2.05. The topological polar surface area (TPSA) is 29.5 Å². The monoisotopic (exact) mass is 210 g/mol. The lowest BCUT2D eigenvalue weighted by Crippen LogP contribution is -2.44. The molecule has 3 unspecified atom stereocenters. The zero-order chi connectivity index (χ0) is 10.9. The molecule has 0 aromatic heterocycles. The molecule has 0 spiro atoms. The second-order valence-electron chi connectivity index (χ2n) is 5.26. The van der Waals surface area contributed by atoms with Crippen molar-refractivity contribution in [2.24, 2.45) is 11.8 Å². The second kappa shape index (κ2) is 4.17. The molecule has 2 aliphatic rings. The van der Waals surface area contributed by atoms with E-state index in [0.29, 0.717) is 5.92 Å². The molecule has 1 N–H and O–H groups in total. The smallest absolute Gasteiger partial charge is 0.124 e. The lowest BCUT2D eigenvalue weighted by molar-refractivity contribution is -0.0669. The number of aliphatic hydroxyl groups is 1. The zero-order valence-corrected chi connectivity index (χ0v) is 9.83. The van der Waals surface area contributed by atoms with E-state index in [4.69, 9.17) is 4.74 Å². The Balaban J connectivity index is 2.14. The van der Waals surface area contributed by atoms with Gasteiger partial charge in [-0.05, 0) is 50.0 Å². The van der Waals surface area contributed by atoms with E-state index in [-0.39, 0.29) is 0 Å². The Morgan fingerprint density at radius 1 is 1.47 bits per heavy atom. The number of hydrogen-bond donors (Lipinski definition) is 1. The van der Waals surface area contributed by atoms with Crippen LogP contribution < -0.4 is 0 Å². The van der Waals surface area contributed by atoms with Crippen LogP contribution >= 0.6 is 0 Å². The van der Waals surface area contributed by atoms with Crippen molar-refractivity contribution in [3.8, 4) is 0 Å². The summed E-state index contributed by atoms with van der Waals surface area (Å²) in [5.74, 6) is 1.92. The summed E-state index contributed by atoms with van der Waals surface area (Å²) >= 11 is 0. The molecule has 0 saturated heterocycles. The minimum atomic E-state index is -0.674. The van der Waals surface area contributed by atoms with E-state index < -0.39 is 5.60 Å². The van der Waals surface area contributed by atoms with E-state index >= 15 is 0 Å². The maximum absolute atomic E-state index is 10.7. The first kappa shape index (κ1) is 11.0. The van der Waals surface area contributed by atoms with Gasteiger partial charge in [-0.25, -0.2) is 0 Å². The van der Waals surface area contributed by atoms with E-state index in [9.17, 15) is 5.11 Å². The van der Waals surface area contributed by atoms with Crippen molar-refractivity contribution in [3.63, 3.8) is 0 Å². The van der Waals surface area contributed by atoms with Crippen molar-refractivity contribution in [3.05, 3.63) is 11.8 Å². The Kier molecular flexibility index (Phi) is 3.06. The minimum Gasteiger partial charge on any atom is -0.495 e. The Labute approximate surface area is 92.3 Å². The second-order valence-corrected chi connectivity index (χ2v) is 5.26. The first-order valence-corrected chi connectivity index (χ1v) is 6.19. The molecule has 15 heavy (non-hydrogen) atoms. The van der Waals surface area contributed by atoms with E-state index in [1.54, 1.807) is 0 Å². The normalized spacial score (nSPS) is 41.9. The van der Waals surface area contributed by atoms with Crippen LogP contribution in [-0.4, -0.2) is 17.3 Å². The van der Waals surface area contributed by atoms with Gasteiger partial charge in [-0.3, -0.25) is 0 Å². The highest BCUT2D eigenvalue weighted by Crippen LogP contribution is 2.42. The number of hydrogen-bond acceptors (Lipinski definition) is 2. The highest BCUT2D eigenvalue weighted by Gasteiger charge is 2.43. The first-order chi connectivity index (χ1) is 7.13. The summed E-state index contributed by atoms with van der Waals surface area (Å²) in [6, 6.07) is 0. The molecule has 1 aliphatic carbocycles. The van der Waals surface area contributed by atoms with Gasteiger partial charge >= 0.3 is 0 Å². The van der Waals surface area contributed by atoms with Crippen LogP contribution in [0, 0.1) is 11.8 Å². The molecule has 1 fully saturated rings. The molecule has 86 valence electrons. The Hall–Kier alpha value is -0.500. The van der Waals surface area contributed by atoms with Crippen LogP contribution in [0.15, 0.2) is 11.8 Å². The fourth-order valence-corrected chi connectivity index (χ4v) is 2.85. The summed E-state index contributed by atoms with van der Waals surface area (Å²) in [4.78, 5) is 0. The molecular formula is C13H22O2. The zero-order valence-electron chi connectivity index (χ0n) is 9.83. The van der Waals surface area contributed by atoms with E-state index in [1.165, 1.54) is 0 Å². The van der Waals surface area contributed by atoms with Gasteiger partial charge in [0.1, 0.15) is 11.4 Å². The Morgan fingerprint density at radius 3 is 2.87 bits per heavy atom. The van der Waals surface area contributed by atoms with Crippen LogP contribution in [0.5, 0.6) is 0 Å². The van der Waals surface area contributed by atoms with Gasteiger partial charge < -0.3 is 9.84 Å². The van der Waals surface area contributed by atoms with Crippen LogP contribution in [-0.2, 0) is 4.74 Å². The summed E-state index contributed by atoms with van der Waals surface area (Å²) in [6.07, 6.45) is 7.32. The average Bonchev–Trinajstić information content (AvgIpc) is 2.25. The predicted molar refractivity (Wildman–Crippen MR) is 60.4 cm³/mol. The molecule has 1 aliphatic heterocycles. The molecule has 0 amide bonds. The molecule has 2 heteroatoms. The number of ether oxygens (including phenoxy) is 1. The van der Waals surface area contributed by atoms with E-state index in [0.717, 1.165) is 50.4 Å². The molecule has 2 nitrogen and oxygen atoms in total. The van der Waals surface area contributed by atoms with Crippen LogP contribution in [0.4, 0.5) is 0 Å². The summed E-state index contributed by atoms with van der Waals surface area (Å²) in [5, 5.41) is 10.7. The lowest BCUT2D eigenvalue weighted by atomic mass is 9.71. The van der Waals surface area contributed by atoms with E-state index in [2.05, 4.69) is 19.9 Å². The summed E-state index contributed by atoms with van der Waals surface area (Å²) in [6.45, 7) is 5.19. The van der Waals surface area contributed by atoms with Gasteiger partial charge in [0.25, 0.3) is 0 Å². The van der Waals surface area contributed by atoms with Crippen LogP contribution in [0.2, 0.25) is 0 Å². The quantitative estimate of drug-likeness (QED) is 0.721. The fraction of sp³-hybridized carbons (Fsp3) is 0.846. The standard InChI is InChI=1S/C13H22O2/c1-10-6-7-13(14,11(2)9-10)12-5-3-4-8-15-12/h5,10-11,14H,3-4,6-9H2,1-2H3. The molecular weight excluding hydrogens is 188 g/mol. The maximum atomic E-state index is 10.7. The van der Waals surface area contributed by atoms with Gasteiger partial charge in [-0.15, -0.1) is 0 Å². The maximum Gasteiger partial charge on any atom is 0.124 e. The molecule has 3 atom stereocenters. The number of allylic oxidation sites excluding steroid dienone is 1. The third-order valence-corrected chi connectivity index (χ3v) is 3.95. The highest BCUT2D eigenvalue weighted by molar-refractivity contribution is 5.15. The van der Waals surface area contributed by atoms with E-state index in [1.807, 2.05) is 0 Å². The van der Waals surface area contributed by atoms with Gasteiger partial charge in [0.2, 0.25) is 0 Å². The highest BCUT2D eigenvalue weighted by atomic mass is 16.5. The van der Waals surface area contributed by atoms with Crippen molar-refractivity contribution in [1.29, 1.82) is 0 Å². The number of rotatable bonds is 1.